The number of esters is 3. The first-order chi connectivity index (χ1) is 15.2. The predicted molar refractivity (Wildman–Crippen MR) is 110 cm³/mol. The summed E-state index contributed by atoms with van der Waals surface area (Å²) in [6, 6.07) is 4.04. The van der Waals surface area contributed by atoms with Gasteiger partial charge in [-0.25, -0.2) is 9.59 Å². The zero-order valence-corrected chi connectivity index (χ0v) is 17.6. The third-order valence-corrected chi connectivity index (χ3v) is 5.29. The fourth-order valence-corrected chi connectivity index (χ4v) is 3.65. The van der Waals surface area contributed by atoms with E-state index >= 15 is 0 Å². The third kappa shape index (κ3) is 5.75. The molecule has 1 heterocycles. The Morgan fingerprint density at radius 2 is 1.94 bits per heavy atom. The Labute approximate surface area is 184 Å². The van der Waals surface area contributed by atoms with E-state index in [1.807, 2.05) is 0 Å². The zero-order valence-electron chi connectivity index (χ0n) is 17.6. The number of carbonyl (C=O) groups excluding carboxylic acids is 4. The monoisotopic (exact) mass is 444 g/mol. The largest absolute Gasteiger partial charge is 0.504 e. The Bertz CT molecular complexity index is 978. The van der Waals surface area contributed by atoms with E-state index in [0.29, 0.717) is 18.4 Å². The van der Waals surface area contributed by atoms with E-state index in [-0.39, 0.29) is 23.2 Å². The Kier molecular flexibility index (Phi) is 6.97. The molecule has 5 unspecified atom stereocenters. The van der Waals surface area contributed by atoms with Gasteiger partial charge in [-0.05, 0) is 37.1 Å². The second kappa shape index (κ2) is 9.67. The van der Waals surface area contributed by atoms with Crippen LogP contribution in [0.5, 0.6) is 11.5 Å². The van der Waals surface area contributed by atoms with Crippen molar-refractivity contribution >= 4 is 29.8 Å². The number of carbonyl (C=O) groups is 4. The molecule has 0 spiro atoms. The number of hydrogen-bond acceptors (Lipinski definition) is 9. The summed E-state index contributed by atoms with van der Waals surface area (Å²) in [4.78, 5) is 47.9. The van der Waals surface area contributed by atoms with Gasteiger partial charge in [-0.3, -0.25) is 9.59 Å². The molecule has 0 radical (unpaired) electrons. The summed E-state index contributed by atoms with van der Waals surface area (Å²) in [6.45, 7) is 2.71. The van der Waals surface area contributed by atoms with E-state index in [4.69, 9.17) is 14.2 Å². The number of Topliss-reactive ketones (excluding diaryl/α,β-unsaturated/α-hetero) is 1. The molecule has 2 N–H and O–H groups in total. The molecule has 0 bridgehead atoms. The summed E-state index contributed by atoms with van der Waals surface area (Å²) in [6.07, 6.45) is 3.78. The number of rotatable bonds is 8. The van der Waals surface area contributed by atoms with Gasteiger partial charge >= 0.3 is 17.9 Å². The lowest BCUT2D eigenvalue weighted by atomic mass is 10.0. The van der Waals surface area contributed by atoms with Gasteiger partial charge in [0.1, 0.15) is 12.2 Å². The van der Waals surface area contributed by atoms with Crippen molar-refractivity contribution in [2.75, 3.05) is 0 Å². The highest BCUT2D eigenvalue weighted by Crippen LogP contribution is 2.46. The molecule has 1 aromatic rings. The Balaban J connectivity index is 1.57. The molecule has 170 valence electrons. The molecule has 3 rings (SSSR count). The maximum absolute atomic E-state index is 12.7. The predicted octanol–water partition coefficient (Wildman–Crippen LogP) is 2.05. The lowest BCUT2D eigenvalue weighted by Gasteiger charge is -2.27. The van der Waals surface area contributed by atoms with E-state index in [1.54, 1.807) is 6.08 Å². The van der Waals surface area contributed by atoms with Crippen LogP contribution in [-0.4, -0.2) is 52.2 Å². The topological polar surface area (TPSA) is 136 Å². The van der Waals surface area contributed by atoms with Gasteiger partial charge in [0.05, 0.1) is 0 Å². The lowest BCUT2D eigenvalue weighted by Crippen LogP contribution is -2.38. The van der Waals surface area contributed by atoms with Crippen molar-refractivity contribution in [1.29, 1.82) is 0 Å². The molecule has 0 amide bonds. The van der Waals surface area contributed by atoms with Crippen molar-refractivity contribution in [2.45, 2.75) is 45.0 Å². The number of benzene rings is 1. The molecule has 0 saturated heterocycles. The van der Waals surface area contributed by atoms with Crippen LogP contribution in [0.3, 0.4) is 0 Å². The van der Waals surface area contributed by atoms with Gasteiger partial charge in [0.15, 0.2) is 23.4 Å². The average Bonchev–Trinajstić information content (AvgIpc) is 3.52. The summed E-state index contributed by atoms with van der Waals surface area (Å²) in [5.41, 5.74) is 0.457. The minimum absolute atomic E-state index is 0.283. The van der Waals surface area contributed by atoms with Gasteiger partial charge < -0.3 is 24.4 Å². The van der Waals surface area contributed by atoms with Gasteiger partial charge in [-0.1, -0.05) is 12.1 Å². The highest BCUT2D eigenvalue weighted by molar-refractivity contribution is 5.93. The first-order valence-corrected chi connectivity index (χ1v) is 10.1. The molecule has 9 nitrogen and oxygen atoms in total. The Morgan fingerprint density at radius 1 is 1.19 bits per heavy atom. The molecule has 1 fully saturated rings. The van der Waals surface area contributed by atoms with Crippen LogP contribution in [0, 0.1) is 11.8 Å². The standard InChI is InChI=1S/C23H24O9/c1-12(30-21(28)9-7-14-6-8-17(25)18(26)10-14)22(29)15-11-16(15)23(31-13(2)24)19-4-3-5-20(27)32-19/h3,5-10,12,15-16,19,23,25-26H,4,11H2,1-2H3/b9-7-. The van der Waals surface area contributed by atoms with E-state index in [0.717, 1.165) is 6.08 Å². The SMILES string of the molecule is CC(=O)OC(C1CC=CC(=O)O1)C1CC1C(=O)C(C)OC(=O)/C=C\c1ccc(O)c(O)c1. The highest BCUT2D eigenvalue weighted by Gasteiger charge is 2.53. The van der Waals surface area contributed by atoms with Crippen molar-refractivity contribution in [3.8, 4) is 11.5 Å². The molecular formula is C23H24O9. The summed E-state index contributed by atoms with van der Waals surface area (Å²) in [5.74, 6) is -3.55. The van der Waals surface area contributed by atoms with Crippen molar-refractivity contribution in [3.63, 3.8) is 0 Å². The normalized spacial score (nSPS) is 23.8. The number of hydrogen-bond donors (Lipinski definition) is 2. The van der Waals surface area contributed by atoms with E-state index in [9.17, 15) is 29.4 Å². The van der Waals surface area contributed by atoms with E-state index < -0.39 is 42.1 Å². The summed E-state index contributed by atoms with van der Waals surface area (Å²) < 4.78 is 15.8. The minimum atomic E-state index is -1.03. The quantitative estimate of drug-likeness (QED) is 0.267. The number of aromatic hydroxyl groups is 2. The Hall–Kier alpha value is -3.62. The smallest absolute Gasteiger partial charge is 0.331 e. The van der Waals surface area contributed by atoms with Crippen LogP contribution in [0.2, 0.25) is 0 Å². The minimum Gasteiger partial charge on any atom is -0.504 e. The van der Waals surface area contributed by atoms with Crippen molar-refractivity contribution in [1.82, 2.24) is 0 Å². The molecule has 9 heteroatoms. The molecule has 1 saturated carbocycles. The number of cyclic esters (lactones) is 1. The molecule has 5 atom stereocenters. The van der Waals surface area contributed by atoms with Gasteiger partial charge in [0, 0.05) is 37.3 Å². The van der Waals surface area contributed by atoms with Crippen LogP contribution < -0.4 is 0 Å². The van der Waals surface area contributed by atoms with E-state index in [2.05, 4.69) is 0 Å². The fourth-order valence-electron chi connectivity index (χ4n) is 3.65. The van der Waals surface area contributed by atoms with Crippen LogP contribution in [0.15, 0.2) is 36.4 Å². The van der Waals surface area contributed by atoms with Crippen LogP contribution in [0.4, 0.5) is 0 Å². The highest BCUT2D eigenvalue weighted by atomic mass is 16.6. The molecule has 1 aromatic carbocycles. The summed E-state index contributed by atoms with van der Waals surface area (Å²) in [7, 11) is 0. The van der Waals surface area contributed by atoms with Gasteiger partial charge in [0.2, 0.25) is 0 Å². The number of phenolic OH excluding ortho intramolecular Hbond substituents is 2. The maximum atomic E-state index is 12.7. The number of ether oxygens (including phenoxy) is 3. The van der Waals surface area contributed by atoms with E-state index in [1.165, 1.54) is 44.2 Å². The van der Waals surface area contributed by atoms with Gasteiger partial charge in [-0.2, -0.15) is 0 Å². The second-order valence-electron chi connectivity index (χ2n) is 7.76. The van der Waals surface area contributed by atoms with Crippen LogP contribution >= 0.6 is 0 Å². The summed E-state index contributed by atoms with van der Waals surface area (Å²) >= 11 is 0. The van der Waals surface area contributed by atoms with Crippen molar-refractivity contribution in [3.05, 3.63) is 42.0 Å². The van der Waals surface area contributed by atoms with Crippen molar-refractivity contribution < 1.29 is 43.6 Å². The fraction of sp³-hybridized carbons (Fsp3) is 0.391. The third-order valence-electron chi connectivity index (χ3n) is 5.29. The molecule has 32 heavy (non-hydrogen) atoms. The zero-order chi connectivity index (χ0) is 23.4. The van der Waals surface area contributed by atoms with Crippen LogP contribution in [-0.2, 0) is 33.4 Å². The molecule has 2 aliphatic rings. The van der Waals surface area contributed by atoms with Crippen LogP contribution in [0.1, 0.15) is 32.3 Å². The van der Waals surface area contributed by atoms with Gasteiger partial charge in [0.25, 0.3) is 0 Å². The van der Waals surface area contributed by atoms with Crippen molar-refractivity contribution in [2.24, 2.45) is 11.8 Å². The average molecular weight is 444 g/mol. The lowest BCUT2D eigenvalue weighted by molar-refractivity contribution is -0.167. The Morgan fingerprint density at radius 3 is 2.59 bits per heavy atom. The molecule has 1 aliphatic heterocycles. The van der Waals surface area contributed by atoms with Crippen LogP contribution in [0.25, 0.3) is 6.08 Å². The van der Waals surface area contributed by atoms with Gasteiger partial charge in [-0.15, -0.1) is 0 Å². The summed E-state index contributed by atoms with van der Waals surface area (Å²) in [5, 5.41) is 18.8. The molecular weight excluding hydrogens is 420 g/mol. The molecule has 0 aromatic heterocycles. The first kappa shape index (κ1) is 23.1. The first-order valence-electron chi connectivity index (χ1n) is 10.1. The number of ketones is 1. The number of phenols is 2. The maximum Gasteiger partial charge on any atom is 0.331 e. The molecule has 1 aliphatic carbocycles. The second-order valence-corrected chi connectivity index (χ2v) is 7.76.